The number of phosphoric ester groups is 4. The van der Waals surface area contributed by atoms with Crippen molar-refractivity contribution in [2.75, 3.05) is 56.0 Å². The minimum absolute atomic E-state index is 0.00361. The van der Waals surface area contributed by atoms with Crippen LogP contribution >= 0.6 is 31.3 Å². The standard InChI is InChI=1S/C47H62N16O29P4/c1-20-13-62(47(71)58-41(20)66)38-12-25(92-93(72,73)80-15-27-21(65)8-34(85-27)63-19-52-39-40(63)56-43(51)57-42(39)67)30(88-38)18-83-96(78,79)91-24-11-37(61-7-4-33(50)55-46(61)70)87-29(24)17-82-95(76,77)90-23-10-36(60-6-3-32(49)54-45(60)69)86-28(23)16-81-94(74,75)89-22-9-35(84-26(22)14-64)59-5-2-31(48)53-44(59)68/h2-7,13,19,21-30,34-38,64-65H,8-12,14-18H2,1H3,(H,72,73)(H,74,75)(H,76,77)(H,78,79)(H2,48,53,68)(H2,49,54,69)(H2,50,55,70)(H,58,66,71)(H3,51,56,57,67)/t21-,22-,23-,24-,25-,26+,27+,28+,29+,30+,34+,35+,36+,37+,38+/m0/s1. The summed E-state index contributed by atoms with van der Waals surface area (Å²) in [5.41, 5.74) is 17.3. The van der Waals surface area contributed by atoms with E-state index in [2.05, 4.69) is 34.9 Å². The Balaban J connectivity index is 0.766. The Morgan fingerprint density at radius 1 is 0.510 bits per heavy atom. The van der Waals surface area contributed by atoms with Gasteiger partial charge in [0, 0.05) is 62.5 Å². The van der Waals surface area contributed by atoms with Crippen LogP contribution in [-0.4, -0.2) is 182 Å². The Bertz CT molecular complexity index is 4460. The van der Waals surface area contributed by atoms with Gasteiger partial charge in [0.15, 0.2) is 11.2 Å². The quantitative estimate of drug-likeness (QED) is 0.0239. The van der Waals surface area contributed by atoms with Crippen LogP contribution in [0.3, 0.4) is 0 Å². The van der Waals surface area contributed by atoms with E-state index in [1.165, 1.54) is 42.2 Å². The Morgan fingerprint density at radius 2 is 0.875 bits per heavy atom. The molecule has 0 saturated carbocycles. The molecule has 0 amide bonds. The van der Waals surface area contributed by atoms with E-state index in [1.54, 1.807) is 0 Å². The lowest BCUT2D eigenvalue weighted by Crippen LogP contribution is -2.33. The lowest BCUT2D eigenvalue weighted by Gasteiger charge is -2.25. The number of H-pyrrole nitrogens is 2. The predicted molar refractivity (Wildman–Crippen MR) is 316 cm³/mol. The van der Waals surface area contributed by atoms with Crippen LogP contribution in [0.25, 0.3) is 11.2 Å². The summed E-state index contributed by atoms with van der Waals surface area (Å²) in [6.07, 6.45) is -18.1. The van der Waals surface area contributed by atoms with Gasteiger partial charge >= 0.3 is 54.0 Å². The van der Waals surface area contributed by atoms with Gasteiger partial charge in [0.2, 0.25) is 5.95 Å². The monoisotopic (exact) mass is 1440 g/mol. The van der Waals surface area contributed by atoms with Crippen molar-refractivity contribution in [3.8, 4) is 0 Å². The van der Waals surface area contributed by atoms with Crippen LogP contribution in [0.1, 0.15) is 68.8 Å². The molecule has 5 aliphatic rings. The highest BCUT2D eigenvalue weighted by molar-refractivity contribution is 7.48. The van der Waals surface area contributed by atoms with Gasteiger partial charge in [0.1, 0.15) is 104 Å². The topological polar surface area (TPSA) is 637 Å². The number of aromatic nitrogens is 12. The first-order valence-corrected chi connectivity index (χ1v) is 34.5. The summed E-state index contributed by atoms with van der Waals surface area (Å²) in [6, 6.07) is 3.69. The van der Waals surface area contributed by atoms with E-state index in [4.69, 9.17) is 82.8 Å². The Hall–Kier alpha value is -6.97. The molecule has 5 fully saturated rings. The van der Waals surface area contributed by atoms with Gasteiger partial charge in [-0.2, -0.15) is 19.9 Å². The molecule has 49 heteroatoms. The second-order valence-electron chi connectivity index (χ2n) is 22.1. The van der Waals surface area contributed by atoms with Crippen molar-refractivity contribution in [3.05, 3.63) is 118 Å². The lowest BCUT2D eigenvalue weighted by molar-refractivity contribution is -0.0649. The van der Waals surface area contributed by atoms with Crippen LogP contribution in [0, 0.1) is 6.92 Å². The largest absolute Gasteiger partial charge is 0.472 e. The van der Waals surface area contributed by atoms with Crippen LogP contribution in [0.15, 0.2) is 78.1 Å². The molecule has 0 bridgehead atoms. The maximum atomic E-state index is 14.1. The number of ether oxygens (including phenoxy) is 5. The normalized spacial score (nSPS) is 30.1. The number of aliphatic hydroxyl groups excluding tert-OH is 2. The fourth-order valence-electron chi connectivity index (χ4n) is 10.9. The summed E-state index contributed by atoms with van der Waals surface area (Å²) >= 11 is 0. The molecule has 524 valence electrons. The number of imidazole rings is 1. The van der Waals surface area contributed by atoms with Crippen molar-refractivity contribution in [1.82, 2.24) is 57.7 Å². The van der Waals surface area contributed by atoms with Crippen molar-refractivity contribution >= 4 is 65.9 Å². The summed E-state index contributed by atoms with van der Waals surface area (Å²) in [5.74, 6) is -0.759. The fourth-order valence-corrected chi connectivity index (χ4v) is 14.8. The summed E-state index contributed by atoms with van der Waals surface area (Å²) in [7, 11) is -21.6. The number of nitrogens with zero attached hydrogens (tertiary/aromatic N) is 10. The van der Waals surface area contributed by atoms with E-state index in [0.29, 0.717) is 0 Å². The molecule has 0 radical (unpaired) electrons. The average Bonchev–Trinajstić information content (AvgIpc) is 1.65. The predicted octanol–water partition coefficient (Wildman–Crippen LogP) is -3.12. The maximum Gasteiger partial charge on any atom is 0.472 e. The first kappa shape index (κ1) is 70.4. The van der Waals surface area contributed by atoms with E-state index in [1.807, 2.05) is 0 Å². The van der Waals surface area contributed by atoms with Crippen molar-refractivity contribution < 1.29 is 108 Å². The molecule has 6 aromatic rings. The third-order valence-corrected chi connectivity index (χ3v) is 19.5. The first-order valence-electron chi connectivity index (χ1n) is 28.6. The van der Waals surface area contributed by atoms with Gasteiger partial charge < -0.3 is 76.4 Å². The van der Waals surface area contributed by atoms with Gasteiger partial charge in [-0.3, -0.25) is 78.6 Å². The van der Waals surface area contributed by atoms with Crippen LogP contribution < -0.4 is 56.8 Å². The average molecular weight is 1440 g/mol. The molecule has 0 aliphatic carbocycles. The number of aromatic amines is 2. The number of phosphoric acid groups is 4. The van der Waals surface area contributed by atoms with Crippen molar-refractivity contribution in [1.29, 1.82) is 0 Å². The number of hydrogen-bond acceptors (Lipinski definition) is 34. The molecule has 11 rings (SSSR count). The molecule has 16 N–H and O–H groups in total. The van der Waals surface area contributed by atoms with Crippen molar-refractivity contribution in [3.63, 3.8) is 0 Å². The van der Waals surface area contributed by atoms with E-state index in [0.717, 1.165) is 36.9 Å². The fraction of sp³-hybridized carbons (Fsp3) is 0.553. The van der Waals surface area contributed by atoms with Gasteiger partial charge in [-0.1, -0.05) is 0 Å². The van der Waals surface area contributed by atoms with Crippen molar-refractivity contribution in [2.45, 2.75) is 131 Å². The van der Waals surface area contributed by atoms with E-state index in [9.17, 15) is 76.8 Å². The number of nitrogens with two attached hydrogens (primary N) is 4. The van der Waals surface area contributed by atoms with E-state index >= 15 is 0 Å². The highest BCUT2D eigenvalue weighted by Gasteiger charge is 2.50. The molecule has 5 aliphatic heterocycles. The van der Waals surface area contributed by atoms with Gasteiger partial charge in [-0.15, -0.1) is 0 Å². The molecular formula is C47H62N16O29P4. The molecule has 19 atom stereocenters. The molecule has 5 saturated heterocycles. The number of nitrogens with one attached hydrogen (secondary N) is 2. The minimum Gasteiger partial charge on any atom is -0.394 e. The van der Waals surface area contributed by atoms with Gasteiger partial charge in [0.25, 0.3) is 11.1 Å². The first-order chi connectivity index (χ1) is 45.3. The number of nitrogen functional groups attached to an aromatic ring is 4. The minimum atomic E-state index is -5.52. The zero-order valence-electron chi connectivity index (χ0n) is 49.5. The second-order valence-corrected chi connectivity index (χ2v) is 27.7. The second kappa shape index (κ2) is 28.1. The SMILES string of the molecule is Cc1cn([C@H]2C[C@H](OP(=O)(O)OC[C@H]3O[C@@H](n4cnc5c(=O)[nH]c(N)nc54)C[C@@H]3O)[C@@H](COP(=O)(O)O[C@H]3C[C@H](n4ccc(N)nc4=O)O[C@@H]3COP(=O)(O)O[C@H]3C[C@H](n4ccc(N)nc4=O)O[C@@H]3COP(=O)(O)O[C@H]3C[C@H](n4ccc(N)nc4=O)O[C@@H]3CO)O2)c(=O)[nH]c1=O. The Kier molecular flexibility index (Phi) is 20.6. The van der Waals surface area contributed by atoms with Crippen LogP contribution in [0.4, 0.5) is 23.4 Å². The molecule has 4 unspecified atom stereocenters. The molecule has 0 aromatic carbocycles. The summed E-state index contributed by atoms with van der Waals surface area (Å²) in [4.78, 5) is 144. The number of aliphatic hydroxyl groups is 2. The summed E-state index contributed by atoms with van der Waals surface area (Å²) < 4.78 is 133. The molecular weight excluding hydrogens is 1380 g/mol. The number of anilines is 4. The Morgan fingerprint density at radius 3 is 1.28 bits per heavy atom. The number of fused-ring (bicyclic) bond motifs is 1. The smallest absolute Gasteiger partial charge is 0.394 e. The van der Waals surface area contributed by atoms with Crippen molar-refractivity contribution in [2.24, 2.45) is 0 Å². The number of aryl methyl sites for hydroxylation is 1. The summed E-state index contributed by atoms with van der Waals surface area (Å²) in [5, 5.41) is 20.9. The van der Waals surface area contributed by atoms with Gasteiger partial charge in [-0.25, -0.2) is 42.4 Å². The zero-order valence-corrected chi connectivity index (χ0v) is 53.1. The van der Waals surface area contributed by atoms with E-state index in [-0.39, 0.29) is 53.0 Å². The maximum absolute atomic E-state index is 14.1. The van der Waals surface area contributed by atoms with E-state index < -0.39 is 210 Å². The Labute approximate surface area is 534 Å². The van der Waals surface area contributed by atoms with Gasteiger partial charge in [0.05, 0.1) is 45.5 Å². The third-order valence-electron chi connectivity index (χ3n) is 15.5. The third kappa shape index (κ3) is 16.3. The molecule has 0 spiro atoms. The molecule has 45 nitrogen and oxygen atoms in total. The molecule has 11 heterocycles. The highest BCUT2D eigenvalue weighted by Crippen LogP contribution is 2.55. The number of hydrogen-bond donors (Lipinski definition) is 12. The van der Waals surface area contributed by atoms with Crippen LogP contribution in [0.5, 0.6) is 0 Å². The van der Waals surface area contributed by atoms with Gasteiger partial charge in [-0.05, 0) is 25.1 Å². The van der Waals surface area contributed by atoms with Crippen LogP contribution in [-0.2, 0) is 78.1 Å². The summed E-state index contributed by atoms with van der Waals surface area (Å²) in [6.45, 7) is -3.35. The molecule has 6 aromatic heterocycles. The zero-order chi connectivity index (χ0) is 68.9. The molecule has 96 heavy (non-hydrogen) atoms. The highest BCUT2D eigenvalue weighted by atomic mass is 31.2. The van der Waals surface area contributed by atoms with Crippen LogP contribution in [0.2, 0.25) is 0 Å². The number of rotatable bonds is 26. The lowest BCUT2D eigenvalue weighted by atomic mass is 10.2.